The second-order valence-corrected chi connectivity index (χ2v) is 4.60. The lowest BCUT2D eigenvalue weighted by molar-refractivity contribution is 0.215. The van der Waals surface area contributed by atoms with E-state index in [1.165, 1.54) is 11.1 Å². The molecular formula is C17H20N2. The summed E-state index contributed by atoms with van der Waals surface area (Å²) in [5.41, 5.74) is 8.64. The molecule has 0 aliphatic rings. The Bertz CT molecular complexity index is 452. The van der Waals surface area contributed by atoms with Crippen molar-refractivity contribution in [2.75, 3.05) is 0 Å². The summed E-state index contributed by atoms with van der Waals surface area (Å²) in [5, 5.41) is 0. The van der Waals surface area contributed by atoms with Crippen molar-refractivity contribution in [1.29, 1.82) is 0 Å². The van der Waals surface area contributed by atoms with Crippen LogP contribution >= 0.6 is 0 Å². The first-order valence-electron chi connectivity index (χ1n) is 6.49. The van der Waals surface area contributed by atoms with Gasteiger partial charge in [-0.15, -0.1) is 6.58 Å². The van der Waals surface area contributed by atoms with E-state index in [2.05, 4.69) is 60.0 Å². The van der Waals surface area contributed by atoms with Gasteiger partial charge in [-0.1, -0.05) is 66.7 Å². The van der Waals surface area contributed by atoms with Crippen LogP contribution in [-0.4, -0.2) is 11.1 Å². The Labute approximate surface area is 115 Å². The van der Waals surface area contributed by atoms with Crippen molar-refractivity contribution in [3.8, 4) is 0 Å². The van der Waals surface area contributed by atoms with E-state index in [0.717, 1.165) is 13.1 Å². The largest absolute Gasteiger partial charge is 0.312 e. The highest BCUT2D eigenvalue weighted by molar-refractivity contribution is 5.17. The molecule has 2 heteroatoms. The zero-order valence-corrected chi connectivity index (χ0v) is 11.1. The summed E-state index contributed by atoms with van der Waals surface area (Å²) in [6, 6.07) is 20.7. The fraction of sp³-hybridized carbons (Fsp3) is 0.176. The Morgan fingerprint density at radius 3 is 1.68 bits per heavy atom. The van der Waals surface area contributed by atoms with Gasteiger partial charge in [-0.3, -0.25) is 4.90 Å². The molecule has 0 aliphatic carbocycles. The van der Waals surface area contributed by atoms with Crippen LogP contribution in [0.5, 0.6) is 0 Å². The van der Waals surface area contributed by atoms with Crippen LogP contribution in [0.15, 0.2) is 73.3 Å². The normalized spacial score (nSPS) is 12.3. The molecular weight excluding hydrogens is 232 g/mol. The first-order valence-corrected chi connectivity index (χ1v) is 6.49. The minimum atomic E-state index is -0.139. The zero-order valence-electron chi connectivity index (χ0n) is 11.1. The van der Waals surface area contributed by atoms with E-state index < -0.39 is 0 Å². The monoisotopic (exact) mass is 252 g/mol. The van der Waals surface area contributed by atoms with Crippen LogP contribution in [0.2, 0.25) is 0 Å². The fourth-order valence-electron chi connectivity index (χ4n) is 2.05. The molecule has 0 spiro atoms. The van der Waals surface area contributed by atoms with Crippen molar-refractivity contribution in [2.45, 2.75) is 19.3 Å². The molecule has 0 radical (unpaired) electrons. The molecule has 0 fully saturated rings. The molecule has 2 N–H and O–H groups in total. The van der Waals surface area contributed by atoms with Crippen LogP contribution in [0.3, 0.4) is 0 Å². The fourth-order valence-corrected chi connectivity index (χ4v) is 2.05. The first-order chi connectivity index (χ1) is 9.29. The second kappa shape index (κ2) is 6.88. The summed E-state index contributed by atoms with van der Waals surface area (Å²) in [6.45, 7) is 5.44. The molecule has 0 amide bonds. The van der Waals surface area contributed by atoms with Crippen molar-refractivity contribution in [3.63, 3.8) is 0 Å². The Hall–Kier alpha value is -1.90. The number of benzene rings is 2. The molecule has 0 bridgehead atoms. The summed E-state index contributed by atoms with van der Waals surface area (Å²) >= 11 is 0. The van der Waals surface area contributed by atoms with Gasteiger partial charge in [0.05, 0.1) is 6.17 Å². The van der Waals surface area contributed by atoms with Crippen molar-refractivity contribution >= 4 is 0 Å². The Morgan fingerprint density at radius 1 is 0.895 bits per heavy atom. The van der Waals surface area contributed by atoms with E-state index in [4.69, 9.17) is 5.73 Å². The molecule has 98 valence electrons. The first kappa shape index (κ1) is 13.5. The molecule has 2 rings (SSSR count). The van der Waals surface area contributed by atoms with Gasteiger partial charge in [-0.05, 0) is 11.1 Å². The van der Waals surface area contributed by atoms with Crippen LogP contribution < -0.4 is 5.73 Å². The maximum Gasteiger partial charge on any atom is 0.0767 e. The summed E-state index contributed by atoms with van der Waals surface area (Å²) in [5.74, 6) is 0. The Morgan fingerprint density at radius 2 is 1.32 bits per heavy atom. The lowest BCUT2D eigenvalue weighted by atomic mass is 10.1. The number of rotatable bonds is 6. The highest BCUT2D eigenvalue weighted by Gasteiger charge is 2.12. The number of hydrogen-bond donors (Lipinski definition) is 1. The maximum atomic E-state index is 6.12. The molecule has 19 heavy (non-hydrogen) atoms. The van der Waals surface area contributed by atoms with Gasteiger partial charge in [0.15, 0.2) is 0 Å². The number of nitrogens with two attached hydrogens (primary N) is 1. The van der Waals surface area contributed by atoms with Crippen molar-refractivity contribution in [2.24, 2.45) is 5.73 Å². The average Bonchev–Trinajstić information content (AvgIpc) is 2.48. The second-order valence-electron chi connectivity index (χ2n) is 4.60. The Balaban J connectivity index is 2.10. The lowest BCUT2D eigenvalue weighted by Crippen LogP contribution is -2.39. The van der Waals surface area contributed by atoms with E-state index in [-0.39, 0.29) is 6.17 Å². The van der Waals surface area contributed by atoms with E-state index in [9.17, 15) is 0 Å². The average molecular weight is 252 g/mol. The zero-order chi connectivity index (χ0) is 13.5. The third kappa shape index (κ3) is 4.05. The van der Waals surface area contributed by atoms with Gasteiger partial charge in [0.2, 0.25) is 0 Å². The van der Waals surface area contributed by atoms with E-state index in [1.54, 1.807) is 6.08 Å². The predicted molar refractivity (Wildman–Crippen MR) is 80.3 cm³/mol. The summed E-state index contributed by atoms with van der Waals surface area (Å²) in [6.07, 6.45) is 1.65. The van der Waals surface area contributed by atoms with Crippen LogP contribution in [-0.2, 0) is 13.1 Å². The molecule has 1 atom stereocenters. The van der Waals surface area contributed by atoms with Gasteiger partial charge >= 0.3 is 0 Å². The quantitative estimate of drug-likeness (QED) is 0.632. The predicted octanol–water partition coefficient (Wildman–Crippen LogP) is 3.16. The van der Waals surface area contributed by atoms with Crippen LogP contribution in [0.1, 0.15) is 11.1 Å². The summed E-state index contributed by atoms with van der Waals surface area (Å²) in [4.78, 5) is 2.21. The summed E-state index contributed by atoms with van der Waals surface area (Å²) in [7, 11) is 0. The van der Waals surface area contributed by atoms with Crippen molar-refractivity contribution < 1.29 is 0 Å². The molecule has 0 aliphatic heterocycles. The molecule has 0 heterocycles. The molecule has 0 saturated carbocycles. The smallest absolute Gasteiger partial charge is 0.0767 e. The van der Waals surface area contributed by atoms with Crippen molar-refractivity contribution in [1.82, 2.24) is 4.90 Å². The maximum absolute atomic E-state index is 6.12. The highest BCUT2D eigenvalue weighted by Crippen LogP contribution is 2.11. The van der Waals surface area contributed by atoms with E-state index >= 15 is 0 Å². The third-order valence-electron chi connectivity index (χ3n) is 3.12. The minimum Gasteiger partial charge on any atom is -0.312 e. The van der Waals surface area contributed by atoms with Crippen molar-refractivity contribution in [3.05, 3.63) is 84.4 Å². The van der Waals surface area contributed by atoms with Gasteiger partial charge in [0.25, 0.3) is 0 Å². The molecule has 2 nitrogen and oxygen atoms in total. The molecule has 0 saturated heterocycles. The standard InChI is InChI=1S/C17H20N2/c1-2-17(18)19(13-15-9-5-3-6-10-15)14-16-11-7-4-8-12-16/h2-12,17H,1,13-14,18H2. The van der Waals surface area contributed by atoms with Gasteiger partial charge in [0.1, 0.15) is 0 Å². The number of hydrogen-bond acceptors (Lipinski definition) is 2. The van der Waals surface area contributed by atoms with Gasteiger partial charge in [0, 0.05) is 13.1 Å². The summed E-state index contributed by atoms with van der Waals surface area (Å²) < 4.78 is 0. The van der Waals surface area contributed by atoms with Crippen LogP contribution in [0.4, 0.5) is 0 Å². The molecule has 0 aromatic heterocycles. The lowest BCUT2D eigenvalue weighted by Gasteiger charge is -2.26. The topological polar surface area (TPSA) is 29.3 Å². The van der Waals surface area contributed by atoms with Gasteiger partial charge in [-0.2, -0.15) is 0 Å². The van der Waals surface area contributed by atoms with E-state index in [0.29, 0.717) is 0 Å². The molecule has 1 unspecified atom stereocenters. The third-order valence-corrected chi connectivity index (χ3v) is 3.12. The minimum absolute atomic E-state index is 0.139. The van der Waals surface area contributed by atoms with Gasteiger partial charge in [-0.25, -0.2) is 0 Å². The van der Waals surface area contributed by atoms with Crippen LogP contribution in [0, 0.1) is 0 Å². The van der Waals surface area contributed by atoms with E-state index in [1.807, 2.05) is 12.1 Å². The molecule has 2 aromatic rings. The highest BCUT2D eigenvalue weighted by atomic mass is 15.2. The number of nitrogens with zero attached hydrogens (tertiary/aromatic N) is 1. The van der Waals surface area contributed by atoms with Crippen LogP contribution in [0.25, 0.3) is 0 Å². The molecule has 2 aromatic carbocycles. The Kier molecular flexibility index (Phi) is 4.90. The van der Waals surface area contributed by atoms with Gasteiger partial charge < -0.3 is 5.73 Å². The SMILES string of the molecule is C=CC(N)N(Cc1ccccc1)Cc1ccccc1.